The van der Waals surface area contributed by atoms with E-state index in [0.29, 0.717) is 0 Å². The maximum absolute atomic E-state index is 4.68. The van der Waals surface area contributed by atoms with Gasteiger partial charge in [0.15, 0.2) is 4.34 Å². The normalized spacial score (nSPS) is 11.2. The molecule has 23 heavy (non-hydrogen) atoms. The molecule has 0 bridgehead atoms. The zero-order valence-electron chi connectivity index (χ0n) is 12.5. The lowest BCUT2D eigenvalue weighted by molar-refractivity contribution is 0.768. The quantitative estimate of drug-likeness (QED) is 0.570. The van der Waals surface area contributed by atoms with Crippen molar-refractivity contribution in [2.45, 2.75) is 16.3 Å². The second kappa shape index (κ2) is 5.71. The van der Waals surface area contributed by atoms with E-state index in [0.717, 1.165) is 36.5 Å². The molecule has 8 heteroatoms. The van der Waals surface area contributed by atoms with Gasteiger partial charge >= 0.3 is 0 Å². The molecule has 0 atom stereocenters. The average molecular weight is 340 g/mol. The van der Waals surface area contributed by atoms with Crippen LogP contribution in [-0.4, -0.2) is 29.9 Å². The first kappa shape index (κ1) is 14.3. The standard InChI is InChI=1S/C15H12N6S2/c1-9-19-20-15(22-9)23-14-4-3-12-13(18-14)5-10(6-16-12)11-7-17-21(2)8-11/h3-8H,1-2H3. The summed E-state index contributed by atoms with van der Waals surface area (Å²) < 4.78 is 2.67. The Balaban J connectivity index is 1.71. The summed E-state index contributed by atoms with van der Waals surface area (Å²) in [6.45, 7) is 1.94. The number of rotatable bonds is 3. The van der Waals surface area contributed by atoms with Gasteiger partial charge in [-0.25, -0.2) is 4.98 Å². The largest absolute Gasteiger partial charge is 0.275 e. The highest BCUT2D eigenvalue weighted by atomic mass is 32.2. The Morgan fingerprint density at radius 2 is 2.00 bits per heavy atom. The van der Waals surface area contributed by atoms with Crippen LogP contribution in [0.15, 0.2) is 46.2 Å². The van der Waals surface area contributed by atoms with E-state index in [1.54, 1.807) is 16.0 Å². The fourth-order valence-corrected chi connectivity index (χ4v) is 3.92. The van der Waals surface area contributed by atoms with Gasteiger partial charge in [0.2, 0.25) is 0 Å². The molecule has 0 fully saturated rings. The summed E-state index contributed by atoms with van der Waals surface area (Å²) in [5, 5.41) is 14.2. The minimum atomic E-state index is 0.859. The van der Waals surface area contributed by atoms with Crippen molar-refractivity contribution in [2.75, 3.05) is 0 Å². The van der Waals surface area contributed by atoms with E-state index in [2.05, 4.69) is 25.3 Å². The van der Waals surface area contributed by atoms with Gasteiger partial charge in [-0.05, 0) is 36.9 Å². The van der Waals surface area contributed by atoms with Crippen LogP contribution < -0.4 is 0 Å². The molecule has 0 spiro atoms. The van der Waals surface area contributed by atoms with Crippen LogP contribution in [0.3, 0.4) is 0 Å². The van der Waals surface area contributed by atoms with E-state index < -0.39 is 0 Å². The summed E-state index contributed by atoms with van der Waals surface area (Å²) in [6.07, 6.45) is 5.64. The van der Waals surface area contributed by atoms with E-state index in [9.17, 15) is 0 Å². The third-order valence-corrected chi connectivity index (χ3v) is 5.08. The fourth-order valence-electron chi connectivity index (χ4n) is 2.18. The Morgan fingerprint density at radius 3 is 2.74 bits per heavy atom. The van der Waals surface area contributed by atoms with Crippen LogP contribution in [-0.2, 0) is 7.05 Å². The van der Waals surface area contributed by atoms with Gasteiger partial charge in [-0.3, -0.25) is 9.67 Å². The molecule has 0 amide bonds. The fraction of sp³-hybridized carbons (Fsp3) is 0.133. The topological polar surface area (TPSA) is 69.4 Å². The summed E-state index contributed by atoms with van der Waals surface area (Å²) in [5.41, 5.74) is 3.77. The van der Waals surface area contributed by atoms with Crippen LogP contribution in [0.4, 0.5) is 0 Å². The summed E-state index contributed by atoms with van der Waals surface area (Å²) in [6, 6.07) is 5.97. The zero-order valence-corrected chi connectivity index (χ0v) is 14.1. The molecule has 4 heterocycles. The van der Waals surface area contributed by atoms with Crippen LogP contribution in [0.2, 0.25) is 0 Å². The van der Waals surface area contributed by atoms with Gasteiger partial charge in [-0.15, -0.1) is 10.2 Å². The van der Waals surface area contributed by atoms with E-state index in [-0.39, 0.29) is 0 Å². The number of hydrogen-bond donors (Lipinski definition) is 0. The molecule has 0 saturated carbocycles. The molecule has 0 radical (unpaired) electrons. The number of pyridine rings is 2. The lowest BCUT2D eigenvalue weighted by Crippen LogP contribution is -1.87. The van der Waals surface area contributed by atoms with Crippen molar-refractivity contribution in [3.05, 3.63) is 41.8 Å². The number of fused-ring (bicyclic) bond motifs is 1. The van der Waals surface area contributed by atoms with Gasteiger partial charge in [0.1, 0.15) is 10.0 Å². The van der Waals surface area contributed by atoms with Crippen molar-refractivity contribution in [3.8, 4) is 11.1 Å². The van der Waals surface area contributed by atoms with E-state index >= 15 is 0 Å². The molecule has 0 N–H and O–H groups in total. The predicted molar refractivity (Wildman–Crippen MR) is 90.5 cm³/mol. The predicted octanol–water partition coefficient (Wildman–Crippen LogP) is 3.34. The molecule has 0 aromatic carbocycles. The second-order valence-corrected chi connectivity index (χ2v) is 7.45. The summed E-state index contributed by atoms with van der Waals surface area (Å²) in [4.78, 5) is 9.17. The summed E-state index contributed by atoms with van der Waals surface area (Å²) >= 11 is 3.08. The van der Waals surface area contributed by atoms with Crippen LogP contribution in [0.5, 0.6) is 0 Å². The minimum Gasteiger partial charge on any atom is -0.275 e. The first-order chi connectivity index (χ1) is 11.2. The molecule has 4 rings (SSSR count). The van der Waals surface area contributed by atoms with Crippen LogP contribution >= 0.6 is 23.1 Å². The first-order valence-electron chi connectivity index (χ1n) is 6.91. The third-order valence-electron chi connectivity index (χ3n) is 3.25. The number of hydrogen-bond acceptors (Lipinski definition) is 7. The van der Waals surface area contributed by atoms with Gasteiger partial charge in [0, 0.05) is 30.6 Å². The summed E-state index contributed by atoms with van der Waals surface area (Å²) in [5.74, 6) is 0. The Labute approximate surface area is 140 Å². The van der Waals surface area contributed by atoms with Crippen molar-refractivity contribution in [2.24, 2.45) is 7.05 Å². The maximum Gasteiger partial charge on any atom is 0.180 e. The van der Waals surface area contributed by atoms with E-state index in [4.69, 9.17) is 0 Å². The van der Waals surface area contributed by atoms with Crippen LogP contribution in [0.1, 0.15) is 5.01 Å². The van der Waals surface area contributed by atoms with Crippen molar-refractivity contribution in [1.29, 1.82) is 0 Å². The van der Waals surface area contributed by atoms with Gasteiger partial charge < -0.3 is 0 Å². The molecule has 0 aliphatic rings. The summed E-state index contributed by atoms with van der Waals surface area (Å²) in [7, 11) is 1.90. The Morgan fingerprint density at radius 1 is 1.09 bits per heavy atom. The molecule has 6 nitrogen and oxygen atoms in total. The highest BCUT2D eigenvalue weighted by molar-refractivity contribution is 8.01. The average Bonchev–Trinajstić information content (AvgIpc) is 3.15. The molecule has 114 valence electrons. The monoisotopic (exact) mass is 340 g/mol. The highest BCUT2D eigenvalue weighted by Crippen LogP contribution is 2.30. The highest BCUT2D eigenvalue weighted by Gasteiger charge is 2.08. The number of aryl methyl sites for hydroxylation is 2. The Bertz CT molecular complexity index is 990. The molecular weight excluding hydrogens is 328 g/mol. The van der Waals surface area contributed by atoms with Gasteiger partial charge in [0.05, 0.1) is 17.2 Å². The third kappa shape index (κ3) is 2.95. The van der Waals surface area contributed by atoms with E-state index in [1.165, 1.54) is 11.8 Å². The zero-order chi connectivity index (χ0) is 15.8. The molecular formula is C15H12N6S2. The van der Waals surface area contributed by atoms with Crippen molar-refractivity contribution in [3.63, 3.8) is 0 Å². The SMILES string of the molecule is Cc1nnc(Sc2ccc3ncc(-c4cnn(C)c4)cc3n2)s1. The van der Waals surface area contributed by atoms with Crippen LogP contribution in [0.25, 0.3) is 22.2 Å². The van der Waals surface area contributed by atoms with Gasteiger partial charge in [-0.1, -0.05) is 11.3 Å². The van der Waals surface area contributed by atoms with Crippen molar-refractivity contribution >= 4 is 34.1 Å². The van der Waals surface area contributed by atoms with E-state index in [1.807, 2.05) is 50.8 Å². The first-order valence-corrected chi connectivity index (χ1v) is 8.54. The molecule has 0 saturated heterocycles. The number of aromatic nitrogens is 6. The van der Waals surface area contributed by atoms with Crippen molar-refractivity contribution < 1.29 is 0 Å². The molecule has 0 aliphatic carbocycles. The maximum atomic E-state index is 4.68. The smallest absolute Gasteiger partial charge is 0.180 e. The molecule has 0 unspecified atom stereocenters. The molecule has 4 aromatic rings. The number of nitrogens with zero attached hydrogens (tertiary/aromatic N) is 6. The minimum absolute atomic E-state index is 0.859. The Hall–Kier alpha value is -2.32. The lowest BCUT2D eigenvalue weighted by Gasteiger charge is -2.02. The lowest BCUT2D eigenvalue weighted by atomic mass is 10.1. The van der Waals surface area contributed by atoms with Gasteiger partial charge in [-0.2, -0.15) is 5.10 Å². The van der Waals surface area contributed by atoms with Gasteiger partial charge in [0.25, 0.3) is 0 Å². The second-order valence-electron chi connectivity index (χ2n) is 5.00. The van der Waals surface area contributed by atoms with Crippen molar-refractivity contribution in [1.82, 2.24) is 29.9 Å². The Kier molecular flexibility index (Phi) is 3.55. The molecule has 0 aliphatic heterocycles. The van der Waals surface area contributed by atoms with Crippen LogP contribution in [0, 0.1) is 6.92 Å². The molecule has 4 aromatic heterocycles.